The third-order valence-corrected chi connectivity index (χ3v) is 4.59. The van der Waals surface area contributed by atoms with E-state index >= 15 is 0 Å². The van der Waals surface area contributed by atoms with Crippen LogP contribution >= 0.6 is 11.6 Å². The maximum absolute atomic E-state index is 12.8. The fraction of sp³-hybridized carbons (Fsp3) is 0.278. The summed E-state index contributed by atoms with van der Waals surface area (Å²) in [5.41, 5.74) is 0.670. The second-order valence-corrected chi connectivity index (χ2v) is 6.44. The summed E-state index contributed by atoms with van der Waals surface area (Å²) in [5, 5.41) is 9.54. The normalized spacial score (nSPS) is 15.4. The van der Waals surface area contributed by atoms with Crippen LogP contribution in [0, 0.1) is 0 Å². The summed E-state index contributed by atoms with van der Waals surface area (Å²) in [6.07, 6.45) is 2.53. The highest BCUT2D eigenvalue weighted by atomic mass is 35.5. The zero-order valence-corrected chi connectivity index (χ0v) is 14.3. The number of rotatable bonds is 2. The standard InChI is InChI=1S/C18H17ClN4O2/c19-14-4-5-15-13(11-14)12-16(25-15)18(24)23-8-2-7-22(9-10-23)17-3-1-6-20-21-17/h1,3-6,11-12H,2,7-10H2. The van der Waals surface area contributed by atoms with E-state index in [4.69, 9.17) is 16.0 Å². The van der Waals surface area contributed by atoms with Gasteiger partial charge in [-0.25, -0.2) is 0 Å². The number of carbonyl (C=O) groups is 1. The van der Waals surface area contributed by atoms with E-state index in [9.17, 15) is 4.79 Å². The molecule has 128 valence electrons. The molecule has 25 heavy (non-hydrogen) atoms. The summed E-state index contributed by atoms with van der Waals surface area (Å²) in [4.78, 5) is 16.8. The number of halogens is 1. The molecule has 0 radical (unpaired) electrons. The summed E-state index contributed by atoms with van der Waals surface area (Å²) in [7, 11) is 0. The molecule has 0 aliphatic carbocycles. The Balaban J connectivity index is 1.50. The van der Waals surface area contributed by atoms with Gasteiger partial charge in [0.25, 0.3) is 5.91 Å². The summed E-state index contributed by atoms with van der Waals surface area (Å²) in [5.74, 6) is 1.11. The van der Waals surface area contributed by atoms with Crippen LogP contribution < -0.4 is 4.90 Å². The van der Waals surface area contributed by atoms with Gasteiger partial charge in [0.05, 0.1) is 0 Å². The van der Waals surface area contributed by atoms with Crippen molar-refractivity contribution in [2.24, 2.45) is 0 Å². The van der Waals surface area contributed by atoms with Crippen molar-refractivity contribution < 1.29 is 9.21 Å². The lowest BCUT2D eigenvalue weighted by Gasteiger charge is -2.21. The number of carbonyl (C=O) groups excluding carboxylic acids is 1. The summed E-state index contributed by atoms with van der Waals surface area (Å²) in [6, 6.07) is 10.9. The van der Waals surface area contributed by atoms with Crippen molar-refractivity contribution in [2.75, 3.05) is 31.1 Å². The molecule has 1 fully saturated rings. The lowest BCUT2D eigenvalue weighted by atomic mass is 10.2. The van der Waals surface area contributed by atoms with Crippen molar-refractivity contribution in [3.8, 4) is 0 Å². The largest absolute Gasteiger partial charge is 0.451 e. The number of benzene rings is 1. The van der Waals surface area contributed by atoms with E-state index in [2.05, 4.69) is 15.1 Å². The SMILES string of the molecule is O=C(c1cc2cc(Cl)ccc2o1)N1CCCN(c2cccnn2)CC1. The van der Waals surface area contributed by atoms with E-state index in [1.54, 1.807) is 30.5 Å². The molecule has 1 saturated heterocycles. The average molecular weight is 357 g/mol. The number of nitrogens with zero attached hydrogens (tertiary/aromatic N) is 4. The first-order valence-electron chi connectivity index (χ1n) is 8.22. The maximum Gasteiger partial charge on any atom is 0.289 e. The van der Waals surface area contributed by atoms with E-state index in [1.807, 2.05) is 17.0 Å². The van der Waals surface area contributed by atoms with Crippen molar-refractivity contribution in [1.82, 2.24) is 15.1 Å². The molecule has 1 amide bonds. The molecule has 2 aromatic heterocycles. The maximum atomic E-state index is 12.8. The Labute approximate surface area is 150 Å². The molecule has 0 bridgehead atoms. The molecule has 0 atom stereocenters. The Hall–Kier alpha value is -2.60. The molecular formula is C18H17ClN4O2. The van der Waals surface area contributed by atoms with Crippen LogP contribution in [0.4, 0.5) is 5.82 Å². The van der Waals surface area contributed by atoms with Gasteiger partial charge in [-0.2, -0.15) is 5.10 Å². The molecule has 3 heterocycles. The number of hydrogen-bond donors (Lipinski definition) is 0. The number of furan rings is 1. The van der Waals surface area contributed by atoms with Crippen molar-refractivity contribution in [2.45, 2.75) is 6.42 Å². The minimum atomic E-state index is -0.0895. The molecule has 0 spiro atoms. The lowest BCUT2D eigenvalue weighted by molar-refractivity contribution is 0.0737. The third-order valence-electron chi connectivity index (χ3n) is 4.35. The van der Waals surface area contributed by atoms with Gasteiger partial charge in [0.1, 0.15) is 5.58 Å². The quantitative estimate of drug-likeness (QED) is 0.705. The molecule has 6 nitrogen and oxygen atoms in total. The van der Waals surface area contributed by atoms with Gasteiger partial charge >= 0.3 is 0 Å². The Bertz CT molecular complexity index is 896. The van der Waals surface area contributed by atoms with Crippen LogP contribution in [0.25, 0.3) is 11.0 Å². The number of fused-ring (bicyclic) bond motifs is 1. The molecule has 4 rings (SSSR count). The molecule has 0 N–H and O–H groups in total. The minimum absolute atomic E-state index is 0.0895. The van der Waals surface area contributed by atoms with Gasteiger partial charge in [-0.15, -0.1) is 5.10 Å². The topological polar surface area (TPSA) is 62.5 Å². The lowest BCUT2D eigenvalue weighted by Crippen LogP contribution is -2.35. The van der Waals surface area contributed by atoms with E-state index in [-0.39, 0.29) is 5.91 Å². The Morgan fingerprint density at radius 2 is 2.04 bits per heavy atom. The molecule has 0 unspecified atom stereocenters. The first-order valence-corrected chi connectivity index (χ1v) is 8.59. The Morgan fingerprint density at radius 3 is 2.88 bits per heavy atom. The highest BCUT2D eigenvalue weighted by Gasteiger charge is 2.23. The van der Waals surface area contributed by atoms with Crippen LogP contribution in [0.1, 0.15) is 17.0 Å². The molecule has 7 heteroatoms. The first kappa shape index (κ1) is 15.9. The van der Waals surface area contributed by atoms with E-state index in [0.717, 1.165) is 30.7 Å². The monoisotopic (exact) mass is 356 g/mol. The predicted molar refractivity (Wildman–Crippen MR) is 96.0 cm³/mol. The predicted octanol–water partition coefficient (Wildman–Crippen LogP) is 3.23. The molecule has 1 aromatic carbocycles. The van der Waals surface area contributed by atoms with E-state index in [0.29, 0.717) is 29.5 Å². The van der Waals surface area contributed by atoms with Gasteiger partial charge in [0, 0.05) is 42.8 Å². The van der Waals surface area contributed by atoms with E-state index < -0.39 is 0 Å². The molecule has 0 saturated carbocycles. The van der Waals surface area contributed by atoms with Crippen molar-refractivity contribution in [1.29, 1.82) is 0 Å². The summed E-state index contributed by atoms with van der Waals surface area (Å²) >= 11 is 6.00. The van der Waals surface area contributed by atoms with Crippen LogP contribution in [0.2, 0.25) is 5.02 Å². The molecule has 1 aliphatic heterocycles. The third kappa shape index (κ3) is 3.30. The Kier molecular flexibility index (Phi) is 4.28. The van der Waals surface area contributed by atoms with Gasteiger partial charge in [-0.3, -0.25) is 4.79 Å². The van der Waals surface area contributed by atoms with E-state index in [1.165, 1.54) is 0 Å². The summed E-state index contributed by atoms with van der Waals surface area (Å²) < 4.78 is 5.70. The molecule has 3 aromatic rings. The van der Waals surface area contributed by atoms with Crippen LogP contribution in [0.5, 0.6) is 0 Å². The number of hydrogen-bond acceptors (Lipinski definition) is 5. The van der Waals surface area contributed by atoms with Gasteiger partial charge in [-0.05, 0) is 42.8 Å². The van der Waals surface area contributed by atoms with Gasteiger partial charge in [0.2, 0.25) is 0 Å². The number of aromatic nitrogens is 2. The summed E-state index contributed by atoms with van der Waals surface area (Å²) in [6.45, 7) is 2.87. The van der Waals surface area contributed by atoms with Crippen LogP contribution in [-0.4, -0.2) is 47.2 Å². The van der Waals surface area contributed by atoms with Crippen molar-refractivity contribution >= 4 is 34.3 Å². The highest BCUT2D eigenvalue weighted by Crippen LogP contribution is 2.24. The van der Waals surface area contributed by atoms with Crippen LogP contribution in [0.15, 0.2) is 47.0 Å². The second-order valence-electron chi connectivity index (χ2n) is 6.01. The minimum Gasteiger partial charge on any atom is -0.451 e. The molecular weight excluding hydrogens is 340 g/mol. The fourth-order valence-electron chi connectivity index (χ4n) is 3.09. The van der Waals surface area contributed by atoms with Crippen molar-refractivity contribution in [3.63, 3.8) is 0 Å². The zero-order valence-electron chi connectivity index (χ0n) is 13.6. The average Bonchev–Trinajstić information content (AvgIpc) is 2.89. The zero-order chi connectivity index (χ0) is 17.2. The van der Waals surface area contributed by atoms with Gasteiger partial charge < -0.3 is 14.2 Å². The Morgan fingerprint density at radius 1 is 1.12 bits per heavy atom. The fourth-order valence-corrected chi connectivity index (χ4v) is 3.27. The smallest absolute Gasteiger partial charge is 0.289 e. The van der Waals surface area contributed by atoms with Gasteiger partial charge in [0.15, 0.2) is 11.6 Å². The van der Waals surface area contributed by atoms with Crippen LogP contribution in [0.3, 0.4) is 0 Å². The van der Waals surface area contributed by atoms with Gasteiger partial charge in [-0.1, -0.05) is 11.6 Å². The molecule has 1 aliphatic rings. The van der Waals surface area contributed by atoms with Crippen LogP contribution in [-0.2, 0) is 0 Å². The van der Waals surface area contributed by atoms with Crippen molar-refractivity contribution in [3.05, 3.63) is 53.4 Å². The first-order chi connectivity index (χ1) is 12.2. The second kappa shape index (κ2) is 6.72. The highest BCUT2D eigenvalue weighted by molar-refractivity contribution is 6.31. The number of amides is 1. The number of anilines is 1.